The van der Waals surface area contributed by atoms with Gasteiger partial charge in [0.2, 0.25) is 5.91 Å². The van der Waals surface area contributed by atoms with Crippen LogP contribution in [-0.4, -0.2) is 40.7 Å². The Morgan fingerprint density at radius 3 is 2.56 bits per heavy atom. The SMILES string of the molecule is CCCCNC(=O)c1csc(CN(CCCC)C(=O)C(C)(C)CCl)n1. The van der Waals surface area contributed by atoms with Crippen molar-refractivity contribution < 1.29 is 9.59 Å². The molecule has 1 N–H and O–H groups in total. The summed E-state index contributed by atoms with van der Waals surface area (Å²) in [5.41, 5.74) is -0.178. The van der Waals surface area contributed by atoms with Crippen LogP contribution in [0, 0.1) is 5.41 Å². The molecule has 2 amide bonds. The topological polar surface area (TPSA) is 62.3 Å². The van der Waals surface area contributed by atoms with E-state index in [9.17, 15) is 9.59 Å². The minimum atomic E-state index is -0.604. The van der Waals surface area contributed by atoms with Gasteiger partial charge in [-0.1, -0.05) is 26.7 Å². The molecule has 1 rings (SSSR count). The van der Waals surface area contributed by atoms with Gasteiger partial charge in [0.1, 0.15) is 10.7 Å². The maximum Gasteiger partial charge on any atom is 0.270 e. The molecular formula is C18H30ClN3O2S. The van der Waals surface area contributed by atoms with E-state index in [1.807, 2.05) is 18.7 Å². The number of halogens is 1. The average Bonchev–Trinajstić information content (AvgIpc) is 3.06. The molecule has 0 atom stereocenters. The number of aromatic nitrogens is 1. The number of unbranched alkanes of at least 4 members (excludes halogenated alkanes) is 2. The van der Waals surface area contributed by atoms with Crippen LogP contribution in [0.3, 0.4) is 0 Å². The predicted octanol–water partition coefficient (Wildman–Crippen LogP) is 4.07. The normalized spacial score (nSPS) is 11.4. The van der Waals surface area contributed by atoms with E-state index >= 15 is 0 Å². The summed E-state index contributed by atoms with van der Waals surface area (Å²) in [6.07, 6.45) is 3.93. The highest BCUT2D eigenvalue weighted by Crippen LogP contribution is 2.23. The number of nitrogens with one attached hydrogen (secondary N) is 1. The predicted molar refractivity (Wildman–Crippen MR) is 104 cm³/mol. The summed E-state index contributed by atoms with van der Waals surface area (Å²) in [6, 6.07) is 0. The summed E-state index contributed by atoms with van der Waals surface area (Å²) >= 11 is 7.38. The molecule has 0 aliphatic heterocycles. The number of carbonyl (C=O) groups excluding carboxylic acids is 2. The Balaban J connectivity index is 2.77. The average molecular weight is 388 g/mol. The van der Waals surface area contributed by atoms with Crippen molar-refractivity contribution in [2.75, 3.05) is 19.0 Å². The van der Waals surface area contributed by atoms with Crippen molar-refractivity contribution in [1.29, 1.82) is 0 Å². The first-order valence-corrected chi connectivity index (χ1v) is 10.3. The molecular weight excluding hydrogens is 358 g/mol. The minimum absolute atomic E-state index is 0.0279. The van der Waals surface area contributed by atoms with Gasteiger partial charge in [-0.05, 0) is 26.7 Å². The lowest BCUT2D eigenvalue weighted by Crippen LogP contribution is -2.42. The molecule has 1 aromatic heterocycles. The molecule has 5 nitrogen and oxygen atoms in total. The van der Waals surface area contributed by atoms with Crippen LogP contribution in [0.25, 0.3) is 0 Å². The van der Waals surface area contributed by atoms with Gasteiger partial charge in [0.05, 0.1) is 12.0 Å². The van der Waals surface area contributed by atoms with Crippen LogP contribution in [0.1, 0.15) is 68.9 Å². The van der Waals surface area contributed by atoms with E-state index in [1.165, 1.54) is 11.3 Å². The first-order chi connectivity index (χ1) is 11.9. The van der Waals surface area contributed by atoms with E-state index in [-0.39, 0.29) is 17.7 Å². The Morgan fingerprint density at radius 1 is 1.28 bits per heavy atom. The molecule has 25 heavy (non-hydrogen) atoms. The molecule has 7 heteroatoms. The molecule has 0 unspecified atom stereocenters. The molecule has 1 heterocycles. The Kier molecular flexibility index (Phi) is 9.43. The molecule has 0 bridgehead atoms. The molecule has 0 aliphatic carbocycles. The Bertz CT molecular complexity index is 560. The van der Waals surface area contributed by atoms with Crippen molar-refractivity contribution in [2.45, 2.75) is 59.9 Å². The zero-order valence-electron chi connectivity index (χ0n) is 15.7. The van der Waals surface area contributed by atoms with E-state index in [2.05, 4.69) is 24.1 Å². The summed E-state index contributed by atoms with van der Waals surface area (Å²) in [6.45, 7) is 9.65. The van der Waals surface area contributed by atoms with Crippen LogP contribution in [-0.2, 0) is 11.3 Å². The molecule has 1 aromatic rings. The van der Waals surface area contributed by atoms with Crippen molar-refractivity contribution in [2.24, 2.45) is 5.41 Å². The Hall–Kier alpha value is -1.14. The van der Waals surface area contributed by atoms with E-state index in [4.69, 9.17) is 11.6 Å². The van der Waals surface area contributed by atoms with E-state index in [0.717, 1.165) is 30.7 Å². The Morgan fingerprint density at radius 2 is 1.96 bits per heavy atom. The van der Waals surface area contributed by atoms with Crippen LogP contribution >= 0.6 is 22.9 Å². The third-order valence-corrected chi connectivity index (χ3v) is 5.41. The lowest BCUT2D eigenvalue weighted by molar-refractivity contribution is -0.140. The first-order valence-electron chi connectivity index (χ1n) is 8.93. The second-order valence-corrected chi connectivity index (χ2v) is 8.04. The lowest BCUT2D eigenvalue weighted by Gasteiger charge is -2.30. The molecule has 0 aliphatic rings. The largest absolute Gasteiger partial charge is 0.351 e. The van der Waals surface area contributed by atoms with E-state index < -0.39 is 5.41 Å². The number of nitrogens with zero attached hydrogens (tertiary/aromatic N) is 2. The van der Waals surface area contributed by atoms with Gasteiger partial charge in [0.25, 0.3) is 5.91 Å². The third kappa shape index (κ3) is 6.94. The van der Waals surface area contributed by atoms with Crippen molar-refractivity contribution in [3.8, 4) is 0 Å². The second-order valence-electron chi connectivity index (χ2n) is 6.83. The molecule has 0 radical (unpaired) electrons. The maximum absolute atomic E-state index is 12.8. The van der Waals surface area contributed by atoms with Crippen LogP contribution in [0.4, 0.5) is 0 Å². The van der Waals surface area contributed by atoms with E-state index in [0.29, 0.717) is 25.3 Å². The maximum atomic E-state index is 12.8. The van der Waals surface area contributed by atoms with Crippen molar-refractivity contribution in [3.63, 3.8) is 0 Å². The molecule has 0 saturated heterocycles. The highest BCUT2D eigenvalue weighted by Gasteiger charge is 2.31. The number of thiazole rings is 1. The van der Waals surface area contributed by atoms with Gasteiger partial charge >= 0.3 is 0 Å². The molecule has 0 saturated carbocycles. The van der Waals surface area contributed by atoms with Crippen molar-refractivity contribution in [3.05, 3.63) is 16.1 Å². The Labute approximate surface area is 160 Å². The third-order valence-electron chi connectivity index (χ3n) is 3.91. The highest BCUT2D eigenvalue weighted by molar-refractivity contribution is 7.09. The highest BCUT2D eigenvalue weighted by atomic mass is 35.5. The molecule has 0 fully saturated rings. The van der Waals surface area contributed by atoms with Gasteiger partial charge in [0, 0.05) is 24.3 Å². The summed E-state index contributed by atoms with van der Waals surface area (Å²) in [4.78, 5) is 31.0. The number of carbonyl (C=O) groups is 2. The quantitative estimate of drug-likeness (QED) is 0.460. The summed E-state index contributed by atoms with van der Waals surface area (Å²) in [7, 11) is 0. The summed E-state index contributed by atoms with van der Waals surface area (Å²) in [5, 5.41) is 5.39. The smallest absolute Gasteiger partial charge is 0.270 e. The van der Waals surface area contributed by atoms with Gasteiger partial charge in [-0.2, -0.15) is 0 Å². The van der Waals surface area contributed by atoms with Gasteiger partial charge in [-0.3, -0.25) is 9.59 Å². The summed E-state index contributed by atoms with van der Waals surface area (Å²) in [5.74, 6) is 0.154. The molecule has 0 aromatic carbocycles. The fourth-order valence-electron chi connectivity index (χ4n) is 2.21. The zero-order chi connectivity index (χ0) is 18.9. The lowest BCUT2D eigenvalue weighted by atomic mass is 9.94. The fraction of sp³-hybridized carbons (Fsp3) is 0.722. The molecule has 0 spiro atoms. The van der Waals surface area contributed by atoms with Gasteiger partial charge < -0.3 is 10.2 Å². The standard InChI is InChI=1S/C18H30ClN3O2S/c1-5-7-9-20-16(23)14-12-25-15(21-14)11-22(10-8-6-2)17(24)18(3,4)13-19/h12H,5-11,13H2,1-4H3,(H,20,23). The number of alkyl halides is 1. The van der Waals surface area contributed by atoms with Gasteiger partial charge in [-0.25, -0.2) is 4.98 Å². The summed E-state index contributed by atoms with van der Waals surface area (Å²) < 4.78 is 0. The van der Waals surface area contributed by atoms with Crippen LogP contribution in [0.2, 0.25) is 0 Å². The van der Waals surface area contributed by atoms with Crippen molar-refractivity contribution >= 4 is 34.8 Å². The number of amides is 2. The van der Waals surface area contributed by atoms with Crippen molar-refractivity contribution in [1.82, 2.24) is 15.2 Å². The number of hydrogen-bond donors (Lipinski definition) is 1. The second kappa shape index (κ2) is 10.8. The molecule has 142 valence electrons. The fourth-order valence-corrected chi connectivity index (χ4v) is 3.11. The van der Waals surface area contributed by atoms with Gasteiger partial charge in [-0.15, -0.1) is 22.9 Å². The van der Waals surface area contributed by atoms with Crippen LogP contribution in [0.5, 0.6) is 0 Å². The zero-order valence-corrected chi connectivity index (χ0v) is 17.3. The van der Waals surface area contributed by atoms with E-state index in [1.54, 1.807) is 5.38 Å². The number of rotatable bonds is 11. The van der Waals surface area contributed by atoms with Gasteiger partial charge in [0.15, 0.2) is 0 Å². The first kappa shape index (κ1) is 21.9. The monoisotopic (exact) mass is 387 g/mol. The van der Waals surface area contributed by atoms with Crippen LogP contribution in [0.15, 0.2) is 5.38 Å². The minimum Gasteiger partial charge on any atom is -0.351 e. The van der Waals surface area contributed by atoms with Crippen LogP contribution < -0.4 is 5.32 Å². The number of hydrogen-bond acceptors (Lipinski definition) is 4.